The summed E-state index contributed by atoms with van der Waals surface area (Å²) < 4.78 is 23.6. The molecule has 0 amide bonds. The van der Waals surface area contributed by atoms with Crippen LogP contribution < -0.4 is 10.6 Å². The number of methoxy groups -OCH3 is 2. The molecule has 7 heteroatoms. The standard InChI is InChI=1S/C14H19FN2O3S/c1-19-9-8-17(7-6-12(18)20-2)11-5-3-4-10(15)13(11)14(16)21/h3-5H,6-9H2,1-2H3,(H2,16,21). The van der Waals surface area contributed by atoms with E-state index in [2.05, 4.69) is 4.74 Å². The van der Waals surface area contributed by atoms with Crippen LogP contribution >= 0.6 is 12.2 Å². The van der Waals surface area contributed by atoms with Crippen LogP contribution in [-0.2, 0) is 14.3 Å². The topological polar surface area (TPSA) is 64.8 Å². The molecule has 2 N–H and O–H groups in total. The van der Waals surface area contributed by atoms with E-state index in [4.69, 9.17) is 22.7 Å². The summed E-state index contributed by atoms with van der Waals surface area (Å²) in [7, 11) is 2.89. The highest BCUT2D eigenvalue weighted by molar-refractivity contribution is 7.80. The molecule has 0 saturated heterocycles. The number of halogens is 1. The zero-order valence-corrected chi connectivity index (χ0v) is 12.9. The first-order valence-electron chi connectivity index (χ1n) is 6.40. The molecule has 0 heterocycles. The van der Waals surface area contributed by atoms with E-state index in [-0.39, 0.29) is 22.9 Å². The minimum Gasteiger partial charge on any atom is -0.469 e. The van der Waals surface area contributed by atoms with Crippen molar-refractivity contribution in [3.8, 4) is 0 Å². The molecular formula is C14H19FN2O3S. The zero-order chi connectivity index (χ0) is 15.8. The fourth-order valence-electron chi connectivity index (χ4n) is 1.90. The molecule has 0 aromatic heterocycles. The summed E-state index contributed by atoms with van der Waals surface area (Å²) in [6.07, 6.45) is 0.174. The van der Waals surface area contributed by atoms with Crippen molar-refractivity contribution in [1.82, 2.24) is 0 Å². The lowest BCUT2D eigenvalue weighted by Crippen LogP contribution is -2.32. The van der Waals surface area contributed by atoms with Crippen LogP contribution in [0, 0.1) is 5.82 Å². The number of nitrogens with two attached hydrogens (primary N) is 1. The van der Waals surface area contributed by atoms with Gasteiger partial charge in [-0.3, -0.25) is 4.79 Å². The predicted molar refractivity (Wildman–Crippen MR) is 83.0 cm³/mol. The van der Waals surface area contributed by atoms with E-state index in [1.54, 1.807) is 24.1 Å². The van der Waals surface area contributed by atoms with E-state index >= 15 is 0 Å². The number of hydrogen-bond donors (Lipinski definition) is 1. The van der Waals surface area contributed by atoms with Crippen molar-refractivity contribution in [1.29, 1.82) is 0 Å². The number of carbonyl (C=O) groups is 1. The van der Waals surface area contributed by atoms with E-state index < -0.39 is 5.82 Å². The molecule has 0 atom stereocenters. The van der Waals surface area contributed by atoms with Crippen molar-refractivity contribution < 1.29 is 18.7 Å². The van der Waals surface area contributed by atoms with Crippen LogP contribution in [0.1, 0.15) is 12.0 Å². The first kappa shape index (κ1) is 17.3. The van der Waals surface area contributed by atoms with Crippen LogP contribution in [0.2, 0.25) is 0 Å². The van der Waals surface area contributed by atoms with Gasteiger partial charge >= 0.3 is 5.97 Å². The number of anilines is 1. The van der Waals surface area contributed by atoms with Crippen LogP contribution in [0.15, 0.2) is 18.2 Å². The Kier molecular flexibility index (Phi) is 7.04. The van der Waals surface area contributed by atoms with Crippen LogP contribution in [0.4, 0.5) is 10.1 Å². The summed E-state index contributed by atoms with van der Waals surface area (Å²) in [6, 6.07) is 4.59. The van der Waals surface area contributed by atoms with Gasteiger partial charge in [-0.25, -0.2) is 4.39 Å². The molecule has 0 aliphatic heterocycles. The maximum absolute atomic E-state index is 13.9. The number of esters is 1. The summed E-state index contributed by atoms with van der Waals surface area (Å²) >= 11 is 4.92. The summed E-state index contributed by atoms with van der Waals surface area (Å²) in [5, 5.41) is 0. The minimum absolute atomic E-state index is 0.0245. The van der Waals surface area contributed by atoms with Gasteiger partial charge in [-0.1, -0.05) is 18.3 Å². The Morgan fingerprint density at radius 1 is 1.38 bits per heavy atom. The van der Waals surface area contributed by atoms with Gasteiger partial charge in [-0.05, 0) is 12.1 Å². The molecule has 5 nitrogen and oxygen atoms in total. The summed E-state index contributed by atoms with van der Waals surface area (Å²) in [5.74, 6) is -0.828. The molecular weight excluding hydrogens is 295 g/mol. The highest BCUT2D eigenvalue weighted by Crippen LogP contribution is 2.23. The van der Waals surface area contributed by atoms with Crippen molar-refractivity contribution in [2.45, 2.75) is 6.42 Å². The Morgan fingerprint density at radius 3 is 2.67 bits per heavy atom. The third-order valence-corrected chi connectivity index (χ3v) is 3.16. The lowest BCUT2D eigenvalue weighted by atomic mass is 10.1. The third-order valence-electron chi connectivity index (χ3n) is 2.96. The monoisotopic (exact) mass is 314 g/mol. The molecule has 0 aliphatic carbocycles. The molecule has 1 rings (SSSR count). The fourth-order valence-corrected chi connectivity index (χ4v) is 2.10. The SMILES string of the molecule is COCCN(CCC(=O)OC)c1cccc(F)c1C(N)=S. The maximum Gasteiger partial charge on any atom is 0.307 e. The molecule has 1 aromatic carbocycles. The second-order valence-corrected chi connectivity index (χ2v) is 4.74. The largest absolute Gasteiger partial charge is 0.469 e. The van der Waals surface area contributed by atoms with Gasteiger partial charge in [0.25, 0.3) is 0 Å². The van der Waals surface area contributed by atoms with Crippen LogP contribution in [0.5, 0.6) is 0 Å². The van der Waals surface area contributed by atoms with Crippen molar-refractivity contribution >= 4 is 28.9 Å². The predicted octanol–water partition coefficient (Wildman–Crippen LogP) is 1.48. The van der Waals surface area contributed by atoms with Gasteiger partial charge in [0.15, 0.2) is 0 Å². The Balaban J connectivity index is 3.04. The smallest absolute Gasteiger partial charge is 0.307 e. The second-order valence-electron chi connectivity index (χ2n) is 4.30. The van der Waals surface area contributed by atoms with Crippen LogP contribution in [-0.4, -0.2) is 44.9 Å². The molecule has 0 radical (unpaired) electrons. The quantitative estimate of drug-likeness (QED) is 0.579. The van der Waals surface area contributed by atoms with Crippen molar-refractivity contribution in [3.05, 3.63) is 29.6 Å². The van der Waals surface area contributed by atoms with E-state index in [1.807, 2.05) is 0 Å². The molecule has 0 bridgehead atoms. The lowest BCUT2D eigenvalue weighted by Gasteiger charge is -2.26. The Labute approximate surface area is 128 Å². The average Bonchev–Trinajstić information content (AvgIpc) is 2.46. The second kappa shape index (κ2) is 8.53. The number of carbonyl (C=O) groups excluding carboxylic acids is 1. The maximum atomic E-state index is 13.9. The zero-order valence-electron chi connectivity index (χ0n) is 12.1. The minimum atomic E-state index is -0.486. The van der Waals surface area contributed by atoms with Crippen LogP contribution in [0.3, 0.4) is 0 Å². The van der Waals surface area contributed by atoms with Gasteiger partial charge in [0.2, 0.25) is 0 Å². The van der Waals surface area contributed by atoms with Crippen molar-refractivity contribution in [2.24, 2.45) is 5.73 Å². The number of thiocarbonyl (C=S) groups is 1. The summed E-state index contributed by atoms with van der Waals surface area (Å²) in [5.41, 5.74) is 6.33. The highest BCUT2D eigenvalue weighted by Gasteiger charge is 2.17. The average molecular weight is 314 g/mol. The van der Waals surface area contributed by atoms with Gasteiger partial charge in [0.05, 0.1) is 25.7 Å². The molecule has 0 fully saturated rings. The first-order valence-corrected chi connectivity index (χ1v) is 6.81. The molecule has 116 valence electrons. The molecule has 1 aromatic rings. The van der Waals surface area contributed by atoms with Crippen LogP contribution in [0.25, 0.3) is 0 Å². The molecule has 0 unspecified atom stereocenters. The van der Waals surface area contributed by atoms with Crippen molar-refractivity contribution in [2.75, 3.05) is 38.8 Å². The number of rotatable bonds is 8. The molecule has 0 aliphatic rings. The summed E-state index contributed by atoms with van der Waals surface area (Å²) in [6.45, 7) is 1.26. The number of ether oxygens (including phenoxy) is 2. The van der Waals surface area contributed by atoms with Gasteiger partial charge < -0.3 is 20.1 Å². The van der Waals surface area contributed by atoms with Gasteiger partial charge in [-0.2, -0.15) is 0 Å². The summed E-state index contributed by atoms with van der Waals surface area (Å²) in [4.78, 5) is 13.1. The third kappa shape index (κ3) is 4.95. The normalized spacial score (nSPS) is 10.2. The number of hydrogen-bond acceptors (Lipinski definition) is 5. The lowest BCUT2D eigenvalue weighted by molar-refractivity contribution is -0.140. The Hall–Kier alpha value is -1.73. The fraction of sp³-hybridized carbons (Fsp3) is 0.429. The Morgan fingerprint density at radius 2 is 2.10 bits per heavy atom. The molecule has 0 spiro atoms. The van der Waals surface area contributed by atoms with E-state index in [0.717, 1.165) is 0 Å². The highest BCUT2D eigenvalue weighted by atomic mass is 32.1. The molecule has 0 saturated carbocycles. The van der Waals surface area contributed by atoms with Gasteiger partial charge in [-0.15, -0.1) is 0 Å². The molecule has 21 heavy (non-hydrogen) atoms. The number of nitrogens with zero attached hydrogens (tertiary/aromatic N) is 1. The van der Waals surface area contributed by atoms with E-state index in [1.165, 1.54) is 13.2 Å². The Bertz CT molecular complexity index is 511. The van der Waals surface area contributed by atoms with Gasteiger partial charge in [0, 0.05) is 25.9 Å². The van der Waals surface area contributed by atoms with Crippen molar-refractivity contribution in [3.63, 3.8) is 0 Å². The van der Waals surface area contributed by atoms with E-state index in [0.29, 0.717) is 25.4 Å². The van der Waals surface area contributed by atoms with Gasteiger partial charge in [0.1, 0.15) is 10.8 Å². The van der Waals surface area contributed by atoms with E-state index in [9.17, 15) is 9.18 Å². The number of benzene rings is 1. The first-order chi connectivity index (χ1) is 10.0.